The minimum atomic E-state index is -0.482. The summed E-state index contributed by atoms with van der Waals surface area (Å²) in [5, 5.41) is 3.43. The zero-order valence-electron chi connectivity index (χ0n) is 17.5. The van der Waals surface area contributed by atoms with Crippen LogP contribution in [0.25, 0.3) is 11.0 Å². The summed E-state index contributed by atoms with van der Waals surface area (Å²) in [6.45, 7) is 7.55. The molecule has 7 heteroatoms. The molecule has 2 fully saturated rings. The third-order valence-electron chi connectivity index (χ3n) is 5.08. The van der Waals surface area contributed by atoms with E-state index >= 15 is 0 Å². The van der Waals surface area contributed by atoms with E-state index in [4.69, 9.17) is 19.4 Å². The van der Waals surface area contributed by atoms with Gasteiger partial charge in [-0.2, -0.15) is 0 Å². The molecule has 1 aromatic heterocycles. The van der Waals surface area contributed by atoms with E-state index in [9.17, 15) is 4.79 Å². The average molecular weight is 399 g/mol. The average Bonchev–Trinajstić information content (AvgIpc) is 3.49. The van der Waals surface area contributed by atoms with E-state index in [1.165, 1.54) is 0 Å². The van der Waals surface area contributed by atoms with Crippen LogP contribution in [0.15, 0.2) is 24.3 Å². The molecule has 2 heterocycles. The lowest BCUT2D eigenvalue weighted by molar-refractivity contribution is 0.0138. The lowest BCUT2D eigenvalue weighted by Crippen LogP contribution is -2.44. The van der Waals surface area contributed by atoms with Crippen molar-refractivity contribution in [2.24, 2.45) is 5.92 Å². The molecule has 7 nitrogen and oxygen atoms in total. The molecule has 1 saturated heterocycles. The molecule has 0 spiro atoms. The Balaban J connectivity index is 1.42. The number of carbonyl (C=O) groups excluding carboxylic acids is 1. The van der Waals surface area contributed by atoms with Crippen molar-refractivity contribution in [1.29, 1.82) is 0 Å². The molecular weight excluding hydrogens is 368 g/mol. The molecule has 4 rings (SSSR count). The van der Waals surface area contributed by atoms with E-state index in [-0.39, 0.29) is 12.0 Å². The number of piperidine rings is 1. The number of benzene rings is 1. The van der Waals surface area contributed by atoms with Crippen LogP contribution < -0.4 is 10.1 Å². The first kappa shape index (κ1) is 19.7. The van der Waals surface area contributed by atoms with Crippen LogP contribution in [0.2, 0.25) is 0 Å². The fourth-order valence-electron chi connectivity index (χ4n) is 3.49. The van der Waals surface area contributed by atoms with Crippen molar-refractivity contribution >= 4 is 22.9 Å². The number of para-hydroxylation sites is 2. The van der Waals surface area contributed by atoms with Gasteiger partial charge in [-0.3, -0.25) is 0 Å². The zero-order valence-corrected chi connectivity index (χ0v) is 17.5. The highest BCUT2D eigenvalue weighted by Crippen LogP contribution is 2.30. The SMILES string of the molecule is CC(C)(C)OC(=O)N1CCC[C@H](COc2nc3ccccc3nc2NC2CC2)C1. The van der Waals surface area contributed by atoms with Crippen molar-refractivity contribution < 1.29 is 14.3 Å². The van der Waals surface area contributed by atoms with Crippen molar-refractivity contribution in [2.75, 3.05) is 25.0 Å². The number of aromatic nitrogens is 2. The Morgan fingerprint density at radius 1 is 1.17 bits per heavy atom. The number of hydrogen-bond acceptors (Lipinski definition) is 6. The number of carbonyl (C=O) groups is 1. The number of ether oxygens (including phenoxy) is 2. The second kappa shape index (κ2) is 8.05. The third kappa shape index (κ3) is 5.28. The molecule has 0 bridgehead atoms. The van der Waals surface area contributed by atoms with E-state index in [2.05, 4.69) is 5.32 Å². The maximum Gasteiger partial charge on any atom is 0.410 e. The molecule has 29 heavy (non-hydrogen) atoms. The topological polar surface area (TPSA) is 76.6 Å². The van der Waals surface area contributed by atoms with Crippen LogP contribution in [0.1, 0.15) is 46.5 Å². The minimum Gasteiger partial charge on any atom is -0.475 e. The molecule has 2 aromatic rings. The smallest absolute Gasteiger partial charge is 0.410 e. The van der Waals surface area contributed by atoms with Crippen LogP contribution >= 0.6 is 0 Å². The summed E-state index contributed by atoms with van der Waals surface area (Å²) < 4.78 is 11.6. The number of hydrogen-bond donors (Lipinski definition) is 1. The minimum absolute atomic E-state index is 0.246. The van der Waals surface area contributed by atoms with E-state index < -0.39 is 5.60 Å². The summed E-state index contributed by atoms with van der Waals surface area (Å²) in [6, 6.07) is 8.29. The molecule has 2 aliphatic rings. The number of rotatable bonds is 5. The molecule has 1 atom stereocenters. The zero-order chi connectivity index (χ0) is 20.4. The molecule has 156 valence electrons. The Kier molecular flexibility index (Phi) is 5.48. The van der Waals surface area contributed by atoms with E-state index in [0.717, 1.165) is 43.3 Å². The third-order valence-corrected chi connectivity index (χ3v) is 5.08. The van der Waals surface area contributed by atoms with Gasteiger partial charge in [0, 0.05) is 25.0 Å². The van der Waals surface area contributed by atoms with Gasteiger partial charge in [0.1, 0.15) is 5.60 Å². The normalized spacial score (nSPS) is 19.8. The monoisotopic (exact) mass is 398 g/mol. The Hall–Kier alpha value is -2.57. The maximum atomic E-state index is 12.4. The van der Waals surface area contributed by atoms with Gasteiger partial charge < -0.3 is 19.7 Å². The maximum absolute atomic E-state index is 12.4. The number of nitrogens with one attached hydrogen (secondary N) is 1. The summed E-state index contributed by atoms with van der Waals surface area (Å²) in [5.74, 6) is 1.51. The highest BCUT2D eigenvalue weighted by atomic mass is 16.6. The van der Waals surface area contributed by atoms with Crippen molar-refractivity contribution in [3.63, 3.8) is 0 Å². The molecule has 1 aliphatic carbocycles. The molecule has 1 saturated carbocycles. The number of likely N-dealkylation sites (tertiary alicyclic amines) is 1. The van der Waals surface area contributed by atoms with Gasteiger partial charge in [0.2, 0.25) is 0 Å². The van der Waals surface area contributed by atoms with Gasteiger partial charge in [0.25, 0.3) is 5.88 Å². The summed E-state index contributed by atoms with van der Waals surface area (Å²) in [5.41, 5.74) is 1.20. The van der Waals surface area contributed by atoms with Crippen LogP contribution in [0.4, 0.5) is 10.6 Å². The lowest BCUT2D eigenvalue weighted by Gasteiger charge is -2.34. The standard InChI is InChI=1S/C22H30N4O3/c1-22(2,3)29-21(27)26-12-6-7-15(13-26)14-28-20-19(23-16-10-11-16)24-17-8-4-5-9-18(17)25-20/h4-5,8-9,15-16H,6-7,10-14H2,1-3H3,(H,23,24)/t15-/m0/s1. The van der Waals surface area contributed by atoms with Gasteiger partial charge >= 0.3 is 6.09 Å². The van der Waals surface area contributed by atoms with E-state index in [1.54, 1.807) is 4.90 Å². The second-order valence-corrected chi connectivity index (χ2v) is 9.03. The van der Waals surface area contributed by atoms with Crippen LogP contribution in [0.5, 0.6) is 5.88 Å². The summed E-state index contributed by atoms with van der Waals surface area (Å²) >= 11 is 0. The van der Waals surface area contributed by atoms with Gasteiger partial charge in [0.15, 0.2) is 5.82 Å². The first-order valence-corrected chi connectivity index (χ1v) is 10.5. The summed E-state index contributed by atoms with van der Waals surface area (Å²) in [6.07, 6.45) is 4.03. The molecule has 1 aliphatic heterocycles. The number of amides is 1. The number of nitrogens with zero attached hydrogens (tertiary/aromatic N) is 3. The van der Waals surface area contributed by atoms with E-state index in [1.807, 2.05) is 45.0 Å². The largest absolute Gasteiger partial charge is 0.475 e. The molecule has 1 N–H and O–H groups in total. The van der Waals surface area contributed by atoms with Crippen molar-refractivity contribution in [3.8, 4) is 5.88 Å². The number of fused-ring (bicyclic) bond motifs is 1. The second-order valence-electron chi connectivity index (χ2n) is 9.03. The van der Waals surface area contributed by atoms with Crippen molar-refractivity contribution in [1.82, 2.24) is 14.9 Å². The number of anilines is 1. The quantitative estimate of drug-likeness (QED) is 0.812. The first-order valence-electron chi connectivity index (χ1n) is 10.5. The van der Waals surface area contributed by atoms with Crippen LogP contribution in [0.3, 0.4) is 0 Å². The highest BCUT2D eigenvalue weighted by molar-refractivity contribution is 5.77. The van der Waals surface area contributed by atoms with Crippen molar-refractivity contribution in [2.45, 2.75) is 58.1 Å². The molecule has 0 radical (unpaired) electrons. The molecule has 1 amide bonds. The van der Waals surface area contributed by atoms with Gasteiger partial charge in [-0.25, -0.2) is 14.8 Å². The molecular formula is C22H30N4O3. The highest BCUT2D eigenvalue weighted by Gasteiger charge is 2.29. The Labute approximate surface area is 171 Å². The summed E-state index contributed by atoms with van der Waals surface area (Å²) in [4.78, 5) is 23.6. The molecule has 0 unspecified atom stereocenters. The van der Waals surface area contributed by atoms with Gasteiger partial charge in [-0.1, -0.05) is 12.1 Å². The van der Waals surface area contributed by atoms with E-state index in [0.29, 0.717) is 30.9 Å². The predicted octanol–water partition coefficient (Wildman–Crippen LogP) is 4.23. The fourth-order valence-corrected chi connectivity index (χ4v) is 3.49. The lowest BCUT2D eigenvalue weighted by atomic mass is 9.99. The van der Waals surface area contributed by atoms with Gasteiger partial charge in [-0.05, 0) is 58.6 Å². The Morgan fingerprint density at radius 3 is 2.59 bits per heavy atom. The van der Waals surface area contributed by atoms with Crippen LogP contribution in [-0.4, -0.2) is 52.3 Å². The van der Waals surface area contributed by atoms with Crippen molar-refractivity contribution in [3.05, 3.63) is 24.3 Å². The van der Waals surface area contributed by atoms with Crippen LogP contribution in [0, 0.1) is 5.92 Å². The first-order chi connectivity index (χ1) is 13.9. The molecule has 1 aromatic carbocycles. The fraction of sp³-hybridized carbons (Fsp3) is 0.591. The Bertz CT molecular complexity index is 876. The van der Waals surface area contributed by atoms with Gasteiger partial charge in [-0.15, -0.1) is 0 Å². The van der Waals surface area contributed by atoms with Gasteiger partial charge in [0.05, 0.1) is 17.6 Å². The Morgan fingerprint density at radius 2 is 1.90 bits per heavy atom. The van der Waals surface area contributed by atoms with Crippen LogP contribution in [-0.2, 0) is 4.74 Å². The summed E-state index contributed by atoms with van der Waals surface area (Å²) in [7, 11) is 0. The predicted molar refractivity (Wildman–Crippen MR) is 112 cm³/mol.